The third kappa shape index (κ3) is 0.986. The molecular formula is C10H13NO. The molecule has 0 radical (unpaired) electrons. The predicted molar refractivity (Wildman–Crippen MR) is 47.6 cm³/mol. The monoisotopic (exact) mass is 163 g/mol. The molecule has 0 aromatic rings. The van der Waals surface area contributed by atoms with Crippen LogP contribution in [0.4, 0.5) is 0 Å². The maximum atomic E-state index is 11.6. The summed E-state index contributed by atoms with van der Waals surface area (Å²) in [5, 5.41) is 0. The van der Waals surface area contributed by atoms with E-state index in [1.54, 1.807) is 6.08 Å². The van der Waals surface area contributed by atoms with Crippen molar-refractivity contribution in [2.45, 2.75) is 18.9 Å². The van der Waals surface area contributed by atoms with E-state index in [-0.39, 0.29) is 11.8 Å². The predicted octanol–water partition coefficient (Wildman–Crippen LogP) is 1.35. The van der Waals surface area contributed by atoms with Crippen LogP contribution in [-0.4, -0.2) is 23.4 Å². The number of carbonyl (C=O) groups is 1. The van der Waals surface area contributed by atoms with Crippen LogP contribution in [0, 0.1) is 5.92 Å². The van der Waals surface area contributed by atoms with Gasteiger partial charge in [-0.05, 0) is 12.8 Å². The molecule has 1 fully saturated rings. The zero-order valence-corrected chi connectivity index (χ0v) is 7.07. The van der Waals surface area contributed by atoms with Crippen LogP contribution in [-0.2, 0) is 4.79 Å². The first kappa shape index (κ1) is 7.59. The van der Waals surface area contributed by atoms with Gasteiger partial charge in [-0.3, -0.25) is 4.79 Å². The zero-order chi connectivity index (χ0) is 8.55. The molecule has 2 rings (SSSR count). The van der Waals surface area contributed by atoms with Crippen molar-refractivity contribution in [1.82, 2.24) is 4.90 Å². The highest BCUT2D eigenvalue weighted by Gasteiger charge is 2.36. The smallest absolute Gasteiger partial charge is 0.230 e. The number of rotatable bonds is 1. The molecule has 1 amide bonds. The highest BCUT2D eigenvalue weighted by atomic mass is 16.2. The average Bonchev–Trinajstić information content (AvgIpc) is 2.44. The lowest BCUT2D eigenvalue weighted by Gasteiger charge is -2.24. The second kappa shape index (κ2) is 2.77. The fourth-order valence-corrected chi connectivity index (χ4v) is 1.99. The standard InChI is InChI=1S/C10H13NO/c1-2-8-7-9-5-3-4-6-11(9)10(8)12/h2-3,5,8-9H,1,4,6-7H2/t8-,9+/m0/s1. The minimum absolute atomic E-state index is 0.0674. The van der Waals surface area contributed by atoms with Gasteiger partial charge in [0.05, 0.1) is 12.0 Å². The van der Waals surface area contributed by atoms with Gasteiger partial charge in [0.2, 0.25) is 5.91 Å². The summed E-state index contributed by atoms with van der Waals surface area (Å²) in [5.74, 6) is 0.331. The van der Waals surface area contributed by atoms with Crippen molar-refractivity contribution in [1.29, 1.82) is 0 Å². The second-order valence-electron chi connectivity index (χ2n) is 3.39. The van der Waals surface area contributed by atoms with Gasteiger partial charge in [-0.15, -0.1) is 6.58 Å². The van der Waals surface area contributed by atoms with Crippen molar-refractivity contribution in [3.8, 4) is 0 Å². The summed E-state index contributed by atoms with van der Waals surface area (Å²) < 4.78 is 0. The molecule has 0 aliphatic carbocycles. The second-order valence-corrected chi connectivity index (χ2v) is 3.39. The minimum Gasteiger partial charge on any atom is -0.335 e. The Morgan fingerprint density at radius 3 is 3.17 bits per heavy atom. The van der Waals surface area contributed by atoms with Gasteiger partial charge in [0.25, 0.3) is 0 Å². The SMILES string of the molecule is C=C[C@H]1C[C@H]2C=CCCN2C1=O. The van der Waals surface area contributed by atoms with E-state index in [9.17, 15) is 4.79 Å². The number of carbonyl (C=O) groups excluding carboxylic acids is 1. The van der Waals surface area contributed by atoms with E-state index < -0.39 is 0 Å². The summed E-state index contributed by atoms with van der Waals surface area (Å²) in [5.41, 5.74) is 0. The Morgan fingerprint density at radius 1 is 1.67 bits per heavy atom. The molecule has 2 aliphatic heterocycles. The van der Waals surface area contributed by atoms with Crippen molar-refractivity contribution in [3.05, 3.63) is 24.8 Å². The fourth-order valence-electron chi connectivity index (χ4n) is 1.99. The molecule has 64 valence electrons. The summed E-state index contributed by atoms with van der Waals surface area (Å²) in [4.78, 5) is 13.6. The van der Waals surface area contributed by atoms with Crippen molar-refractivity contribution < 1.29 is 4.79 Å². The van der Waals surface area contributed by atoms with Crippen LogP contribution < -0.4 is 0 Å². The lowest BCUT2D eigenvalue weighted by Crippen LogP contribution is -2.35. The van der Waals surface area contributed by atoms with Gasteiger partial charge >= 0.3 is 0 Å². The highest BCUT2D eigenvalue weighted by molar-refractivity contribution is 5.83. The van der Waals surface area contributed by atoms with E-state index in [1.807, 2.05) is 4.90 Å². The largest absolute Gasteiger partial charge is 0.335 e. The number of hydrogen-bond donors (Lipinski definition) is 0. The summed E-state index contributed by atoms with van der Waals surface area (Å²) >= 11 is 0. The number of amides is 1. The van der Waals surface area contributed by atoms with Crippen molar-refractivity contribution in [2.75, 3.05) is 6.54 Å². The number of nitrogens with zero attached hydrogens (tertiary/aromatic N) is 1. The quantitative estimate of drug-likeness (QED) is 0.534. The van der Waals surface area contributed by atoms with Gasteiger partial charge in [-0.25, -0.2) is 0 Å². The molecule has 0 aromatic carbocycles. The molecule has 0 N–H and O–H groups in total. The van der Waals surface area contributed by atoms with Crippen molar-refractivity contribution in [3.63, 3.8) is 0 Å². The third-order valence-corrected chi connectivity index (χ3v) is 2.68. The first-order valence-electron chi connectivity index (χ1n) is 4.42. The van der Waals surface area contributed by atoms with E-state index in [1.165, 1.54) is 0 Å². The summed E-state index contributed by atoms with van der Waals surface area (Å²) in [6.07, 6.45) is 8.02. The summed E-state index contributed by atoms with van der Waals surface area (Å²) in [6.45, 7) is 4.57. The molecule has 0 unspecified atom stereocenters. The maximum Gasteiger partial charge on any atom is 0.230 e. The maximum absolute atomic E-state index is 11.6. The Balaban J connectivity index is 2.20. The Bertz CT molecular complexity index is 244. The van der Waals surface area contributed by atoms with E-state index >= 15 is 0 Å². The van der Waals surface area contributed by atoms with E-state index in [2.05, 4.69) is 18.7 Å². The zero-order valence-electron chi connectivity index (χ0n) is 7.07. The van der Waals surface area contributed by atoms with Gasteiger partial charge in [0.1, 0.15) is 0 Å². The molecule has 0 spiro atoms. The van der Waals surface area contributed by atoms with Crippen LogP contribution in [0.2, 0.25) is 0 Å². The van der Waals surface area contributed by atoms with Gasteiger partial charge in [-0.2, -0.15) is 0 Å². The topological polar surface area (TPSA) is 20.3 Å². The van der Waals surface area contributed by atoms with Crippen LogP contribution in [0.25, 0.3) is 0 Å². The lowest BCUT2D eigenvalue weighted by molar-refractivity contribution is -0.130. The van der Waals surface area contributed by atoms with Gasteiger partial charge in [0.15, 0.2) is 0 Å². The minimum atomic E-state index is 0.0674. The van der Waals surface area contributed by atoms with Crippen molar-refractivity contribution >= 4 is 5.91 Å². The average molecular weight is 163 g/mol. The van der Waals surface area contributed by atoms with Crippen LogP contribution in [0.15, 0.2) is 24.8 Å². The molecule has 2 aliphatic rings. The van der Waals surface area contributed by atoms with Crippen LogP contribution in [0.1, 0.15) is 12.8 Å². The molecule has 1 saturated heterocycles. The third-order valence-electron chi connectivity index (χ3n) is 2.68. The van der Waals surface area contributed by atoms with E-state index in [4.69, 9.17) is 0 Å². The summed E-state index contributed by atoms with van der Waals surface area (Å²) in [6, 6.07) is 0.356. The van der Waals surface area contributed by atoms with Crippen LogP contribution >= 0.6 is 0 Å². The molecule has 2 nitrogen and oxygen atoms in total. The van der Waals surface area contributed by atoms with Gasteiger partial charge in [0, 0.05) is 6.54 Å². The first-order chi connectivity index (χ1) is 5.83. The Morgan fingerprint density at radius 2 is 2.50 bits per heavy atom. The normalized spacial score (nSPS) is 33.7. The molecule has 2 heteroatoms. The van der Waals surface area contributed by atoms with Crippen LogP contribution in [0.3, 0.4) is 0 Å². The van der Waals surface area contributed by atoms with E-state index in [0.717, 1.165) is 19.4 Å². The first-order valence-corrected chi connectivity index (χ1v) is 4.42. The Hall–Kier alpha value is -1.05. The fraction of sp³-hybridized carbons (Fsp3) is 0.500. The van der Waals surface area contributed by atoms with Crippen molar-refractivity contribution in [2.24, 2.45) is 5.92 Å². The molecule has 0 aromatic heterocycles. The van der Waals surface area contributed by atoms with E-state index in [0.29, 0.717) is 6.04 Å². The molecule has 2 heterocycles. The molecule has 0 saturated carbocycles. The Labute approximate surface area is 72.6 Å². The van der Waals surface area contributed by atoms with Gasteiger partial charge < -0.3 is 4.90 Å². The number of hydrogen-bond acceptors (Lipinski definition) is 1. The van der Waals surface area contributed by atoms with Gasteiger partial charge in [-0.1, -0.05) is 18.2 Å². The Kier molecular flexibility index (Phi) is 1.75. The highest BCUT2D eigenvalue weighted by Crippen LogP contribution is 2.28. The lowest BCUT2D eigenvalue weighted by atomic mass is 10.0. The molecule has 2 atom stereocenters. The summed E-state index contributed by atoms with van der Waals surface area (Å²) in [7, 11) is 0. The molecular weight excluding hydrogens is 150 g/mol. The molecule has 12 heavy (non-hydrogen) atoms. The number of fused-ring (bicyclic) bond motifs is 1. The van der Waals surface area contributed by atoms with Crippen LogP contribution in [0.5, 0.6) is 0 Å². The molecule has 0 bridgehead atoms.